The van der Waals surface area contributed by atoms with Gasteiger partial charge in [0, 0.05) is 24.8 Å². The number of rotatable bonds is 5. The van der Waals surface area contributed by atoms with Crippen molar-refractivity contribution in [1.29, 1.82) is 0 Å². The Bertz CT molecular complexity index is 1420. The van der Waals surface area contributed by atoms with E-state index in [1.54, 1.807) is 37.8 Å². The molecule has 3 aromatic rings. The summed E-state index contributed by atoms with van der Waals surface area (Å²) in [6.07, 6.45) is 2.65. The number of carbonyl (C=O) groups is 3. The van der Waals surface area contributed by atoms with Crippen LogP contribution in [0.25, 0.3) is 5.69 Å². The van der Waals surface area contributed by atoms with Crippen molar-refractivity contribution in [2.24, 2.45) is 0 Å². The van der Waals surface area contributed by atoms with Crippen LogP contribution in [0.5, 0.6) is 0 Å². The first kappa shape index (κ1) is 25.7. The molecule has 2 aromatic carbocycles. The van der Waals surface area contributed by atoms with Gasteiger partial charge in [-0.1, -0.05) is 12.1 Å². The molecule has 0 unspecified atom stereocenters. The number of amides is 2. The lowest BCUT2D eigenvalue weighted by atomic mass is 10.1. The molecule has 0 bridgehead atoms. The van der Waals surface area contributed by atoms with Gasteiger partial charge in [-0.3, -0.25) is 9.69 Å². The van der Waals surface area contributed by atoms with Gasteiger partial charge in [-0.2, -0.15) is 4.68 Å². The molecular formula is C25H27FN6O5. The van der Waals surface area contributed by atoms with E-state index in [-0.39, 0.29) is 22.5 Å². The van der Waals surface area contributed by atoms with E-state index in [1.807, 2.05) is 0 Å². The Kier molecular flexibility index (Phi) is 7.18. The van der Waals surface area contributed by atoms with Gasteiger partial charge >= 0.3 is 17.7 Å². The molecule has 2 heterocycles. The van der Waals surface area contributed by atoms with Gasteiger partial charge in [-0.25, -0.2) is 18.8 Å². The Hall–Kier alpha value is -4.35. The number of carboxylic acids is 1. The maximum absolute atomic E-state index is 15.0. The number of aromatic carboxylic acids is 1. The number of benzene rings is 2. The molecule has 0 spiro atoms. The quantitative estimate of drug-likeness (QED) is 0.522. The fourth-order valence-electron chi connectivity index (χ4n) is 4.40. The summed E-state index contributed by atoms with van der Waals surface area (Å²) in [4.78, 5) is 54.2. The molecule has 1 saturated heterocycles. The molecule has 0 aliphatic carbocycles. The standard InChI is InChI=1S/C25H27FN6O5/c1-15(2)30(17-11-10-16(3)19(14-17)23(34)35)24(36)32-25(37)31(27-28-32)21-18(8-7-9-20(21)26)22(33)29-12-5-4-6-13-29/h7-11,14-15H,4-6,12-13H2,1-3H3,(H,34,35). The van der Waals surface area contributed by atoms with Crippen LogP contribution in [0.1, 0.15) is 59.4 Å². The molecule has 11 nitrogen and oxygen atoms in total. The summed E-state index contributed by atoms with van der Waals surface area (Å²) in [7, 11) is 0. The second-order valence-electron chi connectivity index (χ2n) is 9.12. The molecule has 12 heteroatoms. The van der Waals surface area contributed by atoms with Crippen molar-refractivity contribution in [2.45, 2.75) is 46.1 Å². The van der Waals surface area contributed by atoms with E-state index in [0.717, 1.165) is 25.3 Å². The number of aromatic nitrogens is 4. The normalized spacial score (nSPS) is 13.6. The smallest absolute Gasteiger partial charge is 0.377 e. The fourth-order valence-corrected chi connectivity index (χ4v) is 4.40. The molecule has 0 atom stereocenters. The lowest BCUT2D eigenvalue weighted by Crippen LogP contribution is -2.45. The number of nitrogens with zero attached hydrogens (tertiary/aromatic N) is 6. The van der Waals surface area contributed by atoms with Crippen molar-refractivity contribution in [2.75, 3.05) is 18.0 Å². The number of hydrogen-bond acceptors (Lipinski definition) is 6. The van der Waals surface area contributed by atoms with Gasteiger partial charge in [-0.15, -0.1) is 4.68 Å². The van der Waals surface area contributed by atoms with Crippen LogP contribution in [-0.4, -0.2) is 66.8 Å². The monoisotopic (exact) mass is 510 g/mol. The molecule has 0 radical (unpaired) electrons. The van der Waals surface area contributed by atoms with Crippen molar-refractivity contribution in [3.63, 3.8) is 0 Å². The highest BCUT2D eigenvalue weighted by Gasteiger charge is 2.29. The molecule has 1 aliphatic rings. The highest BCUT2D eigenvalue weighted by Crippen LogP contribution is 2.23. The van der Waals surface area contributed by atoms with E-state index in [1.165, 1.54) is 23.1 Å². The first-order valence-corrected chi connectivity index (χ1v) is 11.9. The summed E-state index contributed by atoms with van der Waals surface area (Å²) in [6, 6.07) is 6.90. The largest absolute Gasteiger partial charge is 0.478 e. The first-order chi connectivity index (χ1) is 17.6. The Balaban J connectivity index is 1.76. The third kappa shape index (κ3) is 4.86. The summed E-state index contributed by atoms with van der Waals surface area (Å²) in [5.74, 6) is -2.47. The van der Waals surface area contributed by atoms with Crippen LogP contribution in [0.3, 0.4) is 0 Å². The van der Waals surface area contributed by atoms with Gasteiger partial charge in [0.05, 0.1) is 11.1 Å². The fraction of sp³-hybridized carbons (Fsp3) is 0.360. The van der Waals surface area contributed by atoms with E-state index < -0.39 is 35.5 Å². The van der Waals surface area contributed by atoms with Crippen LogP contribution < -0.4 is 10.6 Å². The molecule has 37 heavy (non-hydrogen) atoms. The average molecular weight is 511 g/mol. The number of aryl methyl sites for hydroxylation is 1. The van der Waals surface area contributed by atoms with Gasteiger partial charge < -0.3 is 10.0 Å². The maximum Gasteiger partial charge on any atom is 0.377 e. The van der Waals surface area contributed by atoms with Crippen LogP contribution >= 0.6 is 0 Å². The molecule has 1 N–H and O–H groups in total. The SMILES string of the molecule is Cc1ccc(N(C(=O)n2nnn(-c3c(F)cccc3C(=O)N3CCCCC3)c2=O)C(C)C)cc1C(=O)O. The number of para-hydroxylation sites is 1. The number of hydrogen-bond donors (Lipinski definition) is 1. The van der Waals surface area contributed by atoms with Crippen molar-refractivity contribution in [3.8, 4) is 5.69 Å². The van der Waals surface area contributed by atoms with Gasteiger partial charge in [0.25, 0.3) is 5.91 Å². The minimum absolute atomic E-state index is 0.000764. The number of tetrazole rings is 1. The zero-order valence-electron chi connectivity index (χ0n) is 20.7. The predicted molar refractivity (Wildman–Crippen MR) is 132 cm³/mol. The molecular weight excluding hydrogens is 483 g/mol. The molecule has 4 rings (SSSR count). The number of anilines is 1. The zero-order valence-corrected chi connectivity index (χ0v) is 20.7. The number of halogens is 1. The number of carbonyl (C=O) groups excluding carboxylic acids is 2. The number of likely N-dealkylation sites (tertiary alicyclic amines) is 1. The summed E-state index contributed by atoms with van der Waals surface area (Å²) in [5.41, 5.74) is -0.786. The third-order valence-electron chi connectivity index (χ3n) is 6.29. The van der Waals surface area contributed by atoms with Crippen LogP contribution in [0.2, 0.25) is 0 Å². The molecule has 1 aliphatic heterocycles. The van der Waals surface area contributed by atoms with Crippen LogP contribution in [0, 0.1) is 12.7 Å². The van der Waals surface area contributed by atoms with Crippen molar-refractivity contribution in [3.05, 3.63) is 69.4 Å². The van der Waals surface area contributed by atoms with Gasteiger partial charge in [-0.05, 0) is 80.3 Å². The minimum atomic E-state index is -1.16. The van der Waals surface area contributed by atoms with E-state index in [9.17, 15) is 24.3 Å². The van der Waals surface area contributed by atoms with Crippen molar-refractivity contribution >= 4 is 23.6 Å². The van der Waals surface area contributed by atoms with E-state index in [2.05, 4.69) is 10.4 Å². The zero-order chi connectivity index (χ0) is 26.9. The Morgan fingerprint density at radius 2 is 1.73 bits per heavy atom. The highest BCUT2D eigenvalue weighted by molar-refractivity contribution is 5.98. The number of carboxylic acid groups (broad SMARTS) is 1. The molecule has 1 aromatic heterocycles. The summed E-state index contributed by atoms with van der Waals surface area (Å²) < 4.78 is 16.1. The predicted octanol–water partition coefficient (Wildman–Crippen LogP) is 3.08. The summed E-state index contributed by atoms with van der Waals surface area (Å²) in [5, 5.41) is 16.9. The maximum atomic E-state index is 15.0. The highest BCUT2D eigenvalue weighted by atomic mass is 19.1. The van der Waals surface area contributed by atoms with E-state index in [0.29, 0.717) is 28.0 Å². The van der Waals surface area contributed by atoms with Crippen LogP contribution in [0.4, 0.5) is 14.9 Å². The molecule has 194 valence electrons. The lowest BCUT2D eigenvalue weighted by Gasteiger charge is -2.27. The number of piperidine rings is 1. The van der Waals surface area contributed by atoms with E-state index >= 15 is 4.39 Å². The molecule has 1 fully saturated rings. The average Bonchev–Trinajstić information content (AvgIpc) is 3.25. The lowest BCUT2D eigenvalue weighted by molar-refractivity contribution is 0.0693. The second-order valence-corrected chi connectivity index (χ2v) is 9.12. The Labute approximate surface area is 211 Å². The third-order valence-corrected chi connectivity index (χ3v) is 6.29. The van der Waals surface area contributed by atoms with Gasteiger partial charge in [0.2, 0.25) is 0 Å². The summed E-state index contributed by atoms with van der Waals surface area (Å²) in [6.45, 7) is 6.03. The van der Waals surface area contributed by atoms with E-state index in [4.69, 9.17) is 0 Å². The van der Waals surface area contributed by atoms with Gasteiger partial charge in [0.15, 0.2) is 0 Å². The van der Waals surface area contributed by atoms with Gasteiger partial charge in [0.1, 0.15) is 11.5 Å². The molecule has 0 saturated carbocycles. The molecule has 2 amide bonds. The van der Waals surface area contributed by atoms with Crippen molar-refractivity contribution in [1.82, 2.24) is 24.7 Å². The Morgan fingerprint density at radius 1 is 1.03 bits per heavy atom. The second kappa shape index (κ2) is 10.3. The minimum Gasteiger partial charge on any atom is -0.478 e. The first-order valence-electron chi connectivity index (χ1n) is 11.9. The van der Waals surface area contributed by atoms with Crippen molar-refractivity contribution < 1.29 is 23.9 Å². The Morgan fingerprint density at radius 3 is 2.38 bits per heavy atom. The van der Waals surface area contributed by atoms with Crippen LogP contribution in [-0.2, 0) is 0 Å². The van der Waals surface area contributed by atoms with Crippen LogP contribution in [0.15, 0.2) is 41.2 Å². The topological polar surface area (TPSA) is 131 Å². The summed E-state index contributed by atoms with van der Waals surface area (Å²) >= 11 is 0.